The Morgan fingerprint density at radius 3 is 2.78 bits per heavy atom. The number of aliphatic hydroxyl groups excluding tert-OH is 2. The fourth-order valence-corrected chi connectivity index (χ4v) is 7.02. The van der Waals surface area contributed by atoms with Gasteiger partial charge in [0, 0.05) is 23.9 Å². The average molecular weight is 775 g/mol. The number of hydrogen-bond donors (Lipinski definition) is 4. The molecule has 2 amide bonds. The third-order valence-corrected chi connectivity index (χ3v) is 8.74. The molecule has 1 saturated heterocycles. The quantitative estimate of drug-likeness (QED) is 0.315. The number of nitrogens with zero attached hydrogens (tertiary/aromatic N) is 1. The highest BCUT2D eigenvalue weighted by atomic mass is 79.9. The molecule has 4 N–H and O–H groups in total. The van der Waals surface area contributed by atoms with E-state index in [0.29, 0.717) is 35.0 Å². The molecule has 1 fully saturated rings. The van der Waals surface area contributed by atoms with Gasteiger partial charge in [-0.05, 0) is 71.6 Å². The van der Waals surface area contributed by atoms with Crippen LogP contribution in [0.5, 0.6) is 5.75 Å². The van der Waals surface area contributed by atoms with Gasteiger partial charge in [-0.15, -0.1) is 0 Å². The number of halogens is 4. The Balaban J connectivity index is 1.34. The summed E-state index contributed by atoms with van der Waals surface area (Å²) >= 11 is 13.6. The highest BCUT2D eigenvalue weighted by Gasteiger charge is 2.50. The van der Waals surface area contributed by atoms with Crippen molar-refractivity contribution in [2.24, 2.45) is 5.16 Å². The van der Waals surface area contributed by atoms with Crippen LogP contribution in [0.3, 0.4) is 0 Å². The lowest BCUT2D eigenvalue weighted by Crippen LogP contribution is -2.45. The number of amides is 2. The van der Waals surface area contributed by atoms with Crippen molar-refractivity contribution in [2.45, 2.75) is 36.9 Å². The van der Waals surface area contributed by atoms with Crippen LogP contribution in [-0.2, 0) is 25.5 Å². The number of nitrogens with one attached hydrogen (secondary N) is 2. The summed E-state index contributed by atoms with van der Waals surface area (Å²) in [5.74, 6) is 0.312. The van der Waals surface area contributed by atoms with Crippen molar-refractivity contribution in [3.8, 4) is 5.75 Å². The van der Waals surface area contributed by atoms with Crippen LogP contribution in [0.15, 0.2) is 47.0 Å². The van der Waals surface area contributed by atoms with E-state index in [9.17, 15) is 19.8 Å². The van der Waals surface area contributed by atoms with Gasteiger partial charge >= 0.3 is 6.09 Å². The van der Waals surface area contributed by atoms with Gasteiger partial charge < -0.3 is 39.9 Å². The van der Waals surface area contributed by atoms with Crippen LogP contribution in [-0.4, -0.2) is 72.2 Å². The van der Waals surface area contributed by atoms with Crippen molar-refractivity contribution in [1.82, 2.24) is 10.6 Å². The number of allylic oxidation sites excluding steroid dienone is 1. The van der Waals surface area contributed by atoms with Gasteiger partial charge in [-0.3, -0.25) is 4.79 Å². The number of oxime groups is 1. The zero-order valence-corrected chi connectivity index (χ0v) is 25.4. The predicted molar refractivity (Wildman–Crippen MR) is 145 cm³/mol. The molecule has 1 aliphatic carbocycles. The molecule has 0 aromatic heterocycles. The molecule has 4 rings (SSSR count). The fraction of sp³-hybridized carbons (Fsp3) is 0.409. The molecule has 3 aliphatic rings. The number of carbonyl (C=O) groups excluding carboxylic acids is 2. The van der Waals surface area contributed by atoms with Crippen LogP contribution in [0.2, 0.25) is 0 Å². The maximum Gasteiger partial charge on any atom is 0.410 e. The molecule has 0 radical (unpaired) electrons. The Hall–Kier alpha value is -1.65. The molecule has 1 aromatic rings. The molecule has 11 nitrogen and oxygen atoms in total. The minimum Gasteiger partial charge on any atom is -0.495 e. The highest BCUT2D eigenvalue weighted by Crippen LogP contribution is 2.44. The minimum absolute atomic E-state index is 0.00830. The van der Waals surface area contributed by atoms with Crippen molar-refractivity contribution in [3.63, 3.8) is 0 Å². The minimum atomic E-state index is -1.27. The maximum atomic E-state index is 12.7. The fourth-order valence-electron chi connectivity index (χ4n) is 3.87. The first-order valence-electron chi connectivity index (χ1n) is 10.8. The smallest absolute Gasteiger partial charge is 0.410 e. The van der Waals surface area contributed by atoms with E-state index in [0.717, 1.165) is 0 Å². The van der Waals surface area contributed by atoms with Gasteiger partial charge in [0.25, 0.3) is 12.2 Å². The van der Waals surface area contributed by atoms with E-state index in [2.05, 4.69) is 79.5 Å². The number of alkyl carbamates (subject to hydrolysis) is 1. The van der Waals surface area contributed by atoms with Crippen molar-refractivity contribution in [3.05, 3.63) is 47.4 Å². The predicted octanol–water partition coefficient (Wildman–Crippen LogP) is 3.10. The van der Waals surface area contributed by atoms with Crippen LogP contribution in [0, 0.1) is 0 Å². The Morgan fingerprint density at radius 2 is 2.11 bits per heavy atom. The second-order valence-corrected chi connectivity index (χ2v) is 11.6. The molecular formula is C22H21Br4N3O8. The van der Waals surface area contributed by atoms with Gasteiger partial charge in [-0.25, -0.2) is 4.79 Å². The number of aliphatic hydroxyl groups is 2. The molecule has 4 atom stereocenters. The van der Waals surface area contributed by atoms with Crippen LogP contribution in [0.25, 0.3) is 0 Å². The zero-order chi connectivity index (χ0) is 26.9. The van der Waals surface area contributed by atoms with E-state index in [1.54, 1.807) is 18.2 Å². The summed E-state index contributed by atoms with van der Waals surface area (Å²) in [6.07, 6.45) is -1.64. The summed E-state index contributed by atoms with van der Waals surface area (Å²) in [6.45, 7) is 0.142. The lowest BCUT2D eigenvalue weighted by Gasteiger charge is -2.33. The van der Waals surface area contributed by atoms with E-state index in [4.69, 9.17) is 19.0 Å². The van der Waals surface area contributed by atoms with E-state index in [-0.39, 0.29) is 31.6 Å². The lowest BCUT2D eigenvalue weighted by molar-refractivity contribution is -0.115. The van der Waals surface area contributed by atoms with E-state index >= 15 is 0 Å². The molecule has 1 spiro atoms. The third-order valence-electron chi connectivity index (χ3n) is 5.74. The second-order valence-electron chi connectivity index (χ2n) is 8.28. The molecule has 0 bridgehead atoms. The Morgan fingerprint density at radius 1 is 1.35 bits per heavy atom. The van der Waals surface area contributed by atoms with Crippen LogP contribution in [0.4, 0.5) is 4.79 Å². The van der Waals surface area contributed by atoms with Gasteiger partial charge in [0.05, 0.1) is 33.2 Å². The normalized spacial score (nSPS) is 25.6. The van der Waals surface area contributed by atoms with E-state index in [1.165, 1.54) is 7.11 Å². The van der Waals surface area contributed by atoms with E-state index in [1.807, 2.05) is 0 Å². The van der Waals surface area contributed by atoms with Crippen LogP contribution in [0.1, 0.15) is 12.0 Å². The van der Waals surface area contributed by atoms with Gasteiger partial charge in [0.1, 0.15) is 23.3 Å². The summed E-state index contributed by atoms with van der Waals surface area (Å²) in [5, 5.41) is 30.4. The van der Waals surface area contributed by atoms with Crippen LogP contribution >= 0.6 is 63.7 Å². The molecule has 1 aromatic carbocycles. The van der Waals surface area contributed by atoms with Gasteiger partial charge in [-0.2, -0.15) is 0 Å². The number of cyclic esters (lactones) is 1. The largest absolute Gasteiger partial charge is 0.495 e. The summed E-state index contributed by atoms with van der Waals surface area (Å²) < 4.78 is 18.2. The number of hydrogen-bond acceptors (Lipinski definition) is 9. The van der Waals surface area contributed by atoms with Crippen molar-refractivity contribution >= 4 is 81.4 Å². The number of ether oxygens (including phenoxy) is 3. The number of carbonyl (C=O) groups is 2. The van der Waals surface area contributed by atoms with Crippen LogP contribution < -0.4 is 15.4 Å². The van der Waals surface area contributed by atoms with Crippen molar-refractivity contribution in [1.29, 1.82) is 0 Å². The topological polar surface area (TPSA) is 148 Å². The SMILES string of the molecule is COC1=C(Br)C(O)C2(C=C1Br)CC(C(=O)NCC(O)Cc1c(Br)ccc(OC3CNC(=O)O3)c1Br)=NO2. The molecule has 200 valence electrons. The molecule has 2 aliphatic heterocycles. The second kappa shape index (κ2) is 11.6. The number of rotatable bonds is 8. The monoisotopic (exact) mass is 771 g/mol. The molecular weight excluding hydrogens is 754 g/mol. The molecule has 2 heterocycles. The van der Waals surface area contributed by atoms with Crippen molar-refractivity contribution < 1.29 is 38.9 Å². The van der Waals surface area contributed by atoms with Gasteiger partial charge in [0.2, 0.25) is 0 Å². The highest BCUT2D eigenvalue weighted by molar-refractivity contribution is 9.12. The lowest BCUT2D eigenvalue weighted by atomic mass is 9.87. The Kier molecular flexibility index (Phi) is 8.90. The Bertz CT molecular complexity index is 1210. The molecule has 15 heteroatoms. The van der Waals surface area contributed by atoms with E-state index < -0.39 is 36.1 Å². The van der Waals surface area contributed by atoms with Gasteiger partial charge in [-0.1, -0.05) is 21.1 Å². The standard InChI is InChI=1S/C22H21Br4N3O8/c1-34-18-12(24)5-22(19(31)17(18)26)6-13(29-37-22)20(32)27-7-9(30)4-10-11(23)2-3-14(16(10)25)35-15-8-28-21(33)36-15/h2-3,5,9,15,19,30-31H,4,6-8H2,1H3,(H,27,32)(H,28,33). The number of methoxy groups -OCH3 is 1. The first-order valence-corrected chi connectivity index (χ1v) is 14.0. The molecule has 37 heavy (non-hydrogen) atoms. The molecule has 4 unspecified atom stereocenters. The summed E-state index contributed by atoms with van der Waals surface area (Å²) in [7, 11) is 1.47. The van der Waals surface area contributed by atoms with Crippen molar-refractivity contribution in [2.75, 3.05) is 20.2 Å². The first kappa shape index (κ1) is 28.4. The van der Waals surface area contributed by atoms with Gasteiger partial charge in [0.15, 0.2) is 5.60 Å². The summed E-state index contributed by atoms with van der Waals surface area (Å²) in [5.41, 5.74) is -0.506. The molecule has 0 saturated carbocycles. The summed E-state index contributed by atoms with van der Waals surface area (Å²) in [4.78, 5) is 29.5. The maximum absolute atomic E-state index is 12.7. The zero-order valence-electron chi connectivity index (χ0n) is 19.1. The third kappa shape index (κ3) is 6.01. The first-order chi connectivity index (χ1) is 17.5. The Labute approximate surface area is 245 Å². The summed E-state index contributed by atoms with van der Waals surface area (Å²) in [6, 6.07) is 3.44. The number of benzene rings is 1. The average Bonchev–Trinajstić information content (AvgIpc) is 3.47.